The summed E-state index contributed by atoms with van der Waals surface area (Å²) in [5.41, 5.74) is 4.07. The van der Waals surface area contributed by atoms with Crippen molar-refractivity contribution in [3.63, 3.8) is 0 Å². The van der Waals surface area contributed by atoms with E-state index < -0.39 is 22.5 Å². The summed E-state index contributed by atoms with van der Waals surface area (Å²) in [6, 6.07) is 19.8. The maximum absolute atomic E-state index is 13.3. The summed E-state index contributed by atoms with van der Waals surface area (Å²) in [5.74, 6) is -0.611. The van der Waals surface area contributed by atoms with Gasteiger partial charge in [0.2, 0.25) is 0 Å². The van der Waals surface area contributed by atoms with Crippen LogP contribution in [0.2, 0.25) is 10.0 Å². The smallest absolute Gasteiger partial charge is 0.264 e. The second-order valence-electron chi connectivity index (χ2n) is 6.67. The molecule has 0 heterocycles. The van der Waals surface area contributed by atoms with Crippen LogP contribution in [0.15, 0.2) is 82.8 Å². The van der Waals surface area contributed by atoms with Gasteiger partial charge in [-0.15, -0.1) is 0 Å². The molecule has 0 aliphatic carbocycles. The minimum absolute atomic E-state index is 0.0393. The highest BCUT2D eigenvalue weighted by molar-refractivity contribution is 14.1. The number of nitrogens with one attached hydrogen (secondary N) is 1. The minimum Gasteiger partial charge on any atom is -0.271 e. The van der Waals surface area contributed by atoms with E-state index in [0.717, 1.165) is 13.4 Å². The molecule has 0 spiro atoms. The predicted molar refractivity (Wildman–Crippen MR) is 137 cm³/mol. The fraction of sp³-hybridized carbons (Fsp3) is 0.0909. The molecule has 0 fully saturated rings. The van der Waals surface area contributed by atoms with E-state index in [1.807, 2.05) is 24.3 Å². The third-order valence-corrected chi connectivity index (χ3v) is 7.60. The number of hydrogen-bond donors (Lipinski definition) is 1. The Morgan fingerprint density at radius 2 is 1.72 bits per heavy atom. The molecule has 0 aliphatic rings. The molecule has 0 radical (unpaired) electrons. The minimum atomic E-state index is -4.05. The molecule has 0 aromatic heterocycles. The molecule has 6 nitrogen and oxygen atoms in total. The lowest BCUT2D eigenvalue weighted by Gasteiger charge is -2.24. The molecule has 3 rings (SSSR count). The SMILES string of the molecule is CC(=NNC(=O)CN(c1ccc(Cl)c(Cl)c1)S(=O)(=O)c1ccccc1)c1cccc(I)c1. The van der Waals surface area contributed by atoms with E-state index in [-0.39, 0.29) is 20.6 Å². The van der Waals surface area contributed by atoms with Crippen molar-refractivity contribution in [3.8, 4) is 0 Å². The van der Waals surface area contributed by atoms with Gasteiger partial charge in [-0.05, 0) is 77.5 Å². The lowest BCUT2D eigenvalue weighted by Crippen LogP contribution is -2.39. The van der Waals surface area contributed by atoms with Crippen LogP contribution < -0.4 is 9.73 Å². The summed E-state index contributed by atoms with van der Waals surface area (Å²) < 4.78 is 28.6. The fourth-order valence-corrected chi connectivity index (χ4v) is 5.03. The number of sulfonamides is 1. The van der Waals surface area contributed by atoms with Crippen LogP contribution in [0.3, 0.4) is 0 Å². The van der Waals surface area contributed by atoms with Crippen molar-refractivity contribution >= 4 is 73.1 Å². The Bertz CT molecular complexity index is 1270. The molecule has 3 aromatic carbocycles. The van der Waals surface area contributed by atoms with Gasteiger partial charge < -0.3 is 0 Å². The summed E-state index contributed by atoms with van der Waals surface area (Å²) >= 11 is 14.3. The molecule has 10 heteroatoms. The molecule has 0 atom stereocenters. The van der Waals surface area contributed by atoms with Gasteiger partial charge in [0, 0.05) is 3.57 Å². The highest BCUT2D eigenvalue weighted by atomic mass is 127. The maximum atomic E-state index is 13.3. The third kappa shape index (κ3) is 6.00. The number of nitrogens with zero attached hydrogens (tertiary/aromatic N) is 2. The Morgan fingerprint density at radius 3 is 2.38 bits per heavy atom. The third-order valence-electron chi connectivity index (χ3n) is 4.40. The lowest BCUT2D eigenvalue weighted by molar-refractivity contribution is -0.119. The van der Waals surface area contributed by atoms with E-state index in [9.17, 15) is 13.2 Å². The molecule has 166 valence electrons. The summed E-state index contributed by atoms with van der Waals surface area (Å²) in [7, 11) is -4.05. The second-order valence-corrected chi connectivity index (χ2v) is 10.6. The average molecular weight is 602 g/mol. The molecule has 32 heavy (non-hydrogen) atoms. The number of hydrogen-bond acceptors (Lipinski definition) is 4. The van der Waals surface area contributed by atoms with Crippen LogP contribution in [0.5, 0.6) is 0 Å². The molecule has 1 N–H and O–H groups in total. The van der Waals surface area contributed by atoms with Gasteiger partial charge in [0.1, 0.15) is 6.54 Å². The zero-order chi connectivity index (χ0) is 23.3. The lowest BCUT2D eigenvalue weighted by atomic mass is 10.1. The summed E-state index contributed by atoms with van der Waals surface area (Å²) in [6.45, 7) is 1.25. The molecule has 1 amide bonds. The van der Waals surface area contributed by atoms with E-state index in [2.05, 4.69) is 33.1 Å². The molecular formula is C22H18Cl2IN3O3S. The van der Waals surface area contributed by atoms with Gasteiger partial charge in [0.15, 0.2) is 0 Å². The zero-order valence-corrected chi connectivity index (χ0v) is 21.3. The number of hydrazone groups is 1. The second kappa shape index (κ2) is 10.7. The maximum Gasteiger partial charge on any atom is 0.264 e. The Labute approximate surface area is 210 Å². The highest BCUT2D eigenvalue weighted by Gasteiger charge is 2.27. The van der Waals surface area contributed by atoms with Crippen LogP contribution in [0, 0.1) is 3.57 Å². The first kappa shape index (κ1) is 24.5. The van der Waals surface area contributed by atoms with Crippen LogP contribution >= 0.6 is 45.8 Å². The van der Waals surface area contributed by atoms with Gasteiger partial charge in [0.05, 0.1) is 26.3 Å². The topological polar surface area (TPSA) is 78.8 Å². The van der Waals surface area contributed by atoms with Crippen molar-refractivity contribution in [3.05, 3.63) is 92.0 Å². The zero-order valence-electron chi connectivity index (χ0n) is 16.8. The molecule has 0 bridgehead atoms. The normalized spacial score (nSPS) is 11.8. The van der Waals surface area contributed by atoms with E-state index in [1.165, 1.54) is 30.3 Å². The van der Waals surface area contributed by atoms with Gasteiger partial charge in [-0.2, -0.15) is 5.10 Å². The first-order valence-electron chi connectivity index (χ1n) is 9.30. The van der Waals surface area contributed by atoms with Crippen molar-refractivity contribution < 1.29 is 13.2 Å². The van der Waals surface area contributed by atoms with Crippen LogP contribution in [0.1, 0.15) is 12.5 Å². The van der Waals surface area contributed by atoms with Gasteiger partial charge in [-0.3, -0.25) is 9.10 Å². The standard InChI is InChI=1S/C22H18Cl2IN3O3S/c1-15(16-6-5-7-17(25)12-16)26-27-22(29)14-28(18-10-11-20(23)21(24)13-18)32(30,31)19-8-3-2-4-9-19/h2-13H,14H2,1H3,(H,27,29). The molecule has 0 unspecified atom stereocenters. The van der Waals surface area contributed by atoms with Crippen molar-refractivity contribution in [1.29, 1.82) is 0 Å². The summed E-state index contributed by atoms with van der Waals surface area (Å²) in [4.78, 5) is 12.7. The number of rotatable bonds is 7. The number of benzene rings is 3. The largest absolute Gasteiger partial charge is 0.271 e. The molecule has 0 saturated heterocycles. The number of amides is 1. The monoisotopic (exact) mass is 601 g/mol. The molecule has 3 aromatic rings. The Balaban J connectivity index is 1.89. The van der Waals surface area contributed by atoms with E-state index >= 15 is 0 Å². The molecule has 0 saturated carbocycles. The predicted octanol–water partition coefficient (Wildman–Crippen LogP) is 5.33. The van der Waals surface area contributed by atoms with Crippen LogP contribution in [0.4, 0.5) is 5.69 Å². The number of carbonyl (C=O) groups excluding carboxylic acids is 1. The Hall–Kier alpha value is -2.14. The average Bonchev–Trinajstić information content (AvgIpc) is 2.78. The number of halogens is 3. The highest BCUT2D eigenvalue weighted by Crippen LogP contribution is 2.30. The summed E-state index contributed by atoms with van der Waals surface area (Å²) in [6.07, 6.45) is 0. The first-order valence-corrected chi connectivity index (χ1v) is 12.6. The fourth-order valence-electron chi connectivity index (χ4n) is 2.76. The Morgan fingerprint density at radius 1 is 1.00 bits per heavy atom. The van der Waals surface area contributed by atoms with Crippen molar-refractivity contribution in [1.82, 2.24) is 5.43 Å². The van der Waals surface area contributed by atoms with E-state index in [1.54, 1.807) is 25.1 Å². The Kier molecular flexibility index (Phi) is 8.16. The van der Waals surface area contributed by atoms with E-state index in [0.29, 0.717) is 5.71 Å². The van der Waals surface area contributed by atoms with Gasteiger partial charge in [0.25, 0.3) is 15.9 Å². The molecular weight excluding hydrogens is 584 g/mol. The van der Waals surface area contributed by atoms with Crippen LogP contribution in [-0.2, 0) is 14.8 Å². The first-order chi connectivity index (χ1) is 15.2. The van der Waals surface area contributed by atoms with Crippen molar-refractivity contribution in [2.75, 3.05) is 10.8 Å². The van der Waals surface area contributed by atoms with Crippen LogP contribution in [-0.4, -0.2) is 26.6 Å². The van der Waals surface area contributed by atoms with Gasteiger partial charge in [-0.25, -0.2) is 13.8 Å². The van der Waals surface area contributed by atoms with Crippen LogP contribution in [0.25, 0.3) is 0 Å². The summed E-state index contributed by atoms with van der Waals surface area (Å²) in [5, 5.41) is 4.56. The van der Waals surface area contributed by atoms with Crippen molar-refractivity contribution in [2.45, 2.75) is 11.8 Å². The van der Waals surface area contributed by atoms with Crippen molar-refractivity contribution in [2.24, 2.45) is 5.10 Å². The van der Waals surface area contributed by atoms with Gasteiger partial charge in [-0.1, -0.05) is 53.5 Å². The number of anilines is 1. The molecule has 0 aliphatic heterocycles. The van der Waals surface area contributed by atoms with E-state index in [4.69, 9.17) is 23.2 Å². The quantitative estimate of drug-likeness (QED) is 0.226. The number of carbonyl (C=O) groups is 1. The van der Waals surface area contributed by atoms with Gasteiger partial charge >= 0.3 is 0 Å².